The minimum Gasteiger partial charge on any atom is -0.450 e. The molecule has 12 heteroatoms. The van der Waals surface area contributed by atoms with Crippen molar-refractivity contribution in [2.24, 2.45) is 7.05 Å². The van der Waals surface area contributed by atoms with Gasteiger partial charge in [0, 0.05) is 43.2 Å². The van der Waals surface area contributed by atoms with E-state index in [0.717, 1.165) is 24.2 Å². The molecule has 0 aliphatic carbocycles. The van der Waals surface area contributed by atoms with Crippen molar-refractivity contribution in [2.45, 2.75) is 38.6 Å². The molecule has 6 heterocycles. The Labute approximate surface area is 212 Å². The van der Waals surface area contributed by atoms with Crippen LogP contribution in [-0.4, -0.2) is 52.1 Å². The van der Waals surface area contributed by atoms with E-state index < -0.39 is 0 Å². The van der Waals surface area contributed by atoms with E-state index in [0.29, 0.717) is 46.1 Å². The standard InChI is InChI=1S/C24H26ClN9O2/c1-24(2,3)18-9-19(31-34(18)14-5-8-35-13-14)29-23-30-22-21(32(23)4)20(25)17(11-27-22)36-16-12-28-33-7-6-26-10-15(16)33/h6-7,9-12,14H,5,8,13H2,1-4H3,(H,27,29,30,31)/t14-/m1/s1. The lowest BCUT2D eigenvalue weighted by molar-refractivity contribution is 0.183. The van der Waals surface area contributed by atoms with Gasteiger partial charge < -0.3 is 19.4 Å². The largest absolute Gasteiger partial charge is 0.450 e. The molecule has 0 radical (unpaired) electrons. The van der Waals surface area contributed by atoms with Gasteiger partial charge in [-0.2, -0.15) is 15.2 Å². The summed E-state index contributed by atoms with van der Waals surface area (Å²) in [6.07, 6.45) is 9.21. The molecule has 0 amide bonds. The zero-order valence-electron chi connectivity index (χ0n) is 20.4. The van der Waals surface area contributed by atoms with Gasteiger partial charge in [-0.3, -0.25) is 9.67 Å². The predicted octanol–water partition coefficient (Wildman–Crippen LogP) is 4.66. The average molecular weight is 508 g/mol. The van der Waals surface area contributed by atoms with E-state index in [1.54, 1.807) is 35.5 Å². The Bertz CT molecular complexity index is 1570. The lowest BCUT2D eigenvalue weighted by Crippen LogP contribution is -2.22. The van der Waals surface area contributed by atoms with Crippen LogP contribution in [0.2, 0.25) is 5.02 Å². The third-order valence-electron chi connectivity index (χ3n) is 6.31. The Hall–Kier alpha value is -3.70. The fourth-order valence-electron chi connectivity index (χ4n) is 4.43. The van der Waals surface area contributed by atoms with Gasteiger partial charge in [0.2, 0.25) is 5.95 Å². The van der Waals surface area contributed by atoms with E-state index in [4.69, 9.17) is 26.2 Å². The molecule has 0 saturated carbocycles. The van der Waals surface area contributed by atoms with Gasteiger partial charge >= 0.3 is 0 Å². The van der Waals surface area contributed by atoms with Gasteiger partial charge in [0.15, 0.2) is 23.0 Å². The van der Waals surface area contributed by atoms with Crippen molar-refractivity contribution < 1.29 is 9.47 Å². The van der Waals surface area contributed by atoms with Gasteiger partial charge in [-0.15, -0.1) is 0 Å². The molecule has 0 unspecified atom stereocenters. The number of nitrogens with one attached hydrogen (secondary N) is 1. The second-order valence-electron chi connectivity index (χ2n) is 9.87. The lowest BCUT2D eigenvalue weighted by Gasteiger charge is -2.22. The van der Waals surface area contributed by atoms with Gasteiger partial charge in [0.25, 0.3) is 0 Å². The summed E-state index contributed by atoms with van der Waals surface area (Å²) in [7, 11) is 1.88. The first-order chi connectivity index (χ1) is 17.3. The van der Waals surface area contributed by atoms with Crippen LogP contribution in [0.3, 0.4) is 0 Å². The number of pyridine rings is 1. The van der Waals surface area contributed by atoms with E-state index in [1.807, 2.05) is 11.6 Å². The minimum atomic E-state index is -0.0768. The highest BCUT2D eigenvalue weighted by Crippen LogP contribution is 2.37. The Morgan fingerprint density at radius 1 is 1.19 bits per heavy atom. The highest BCUT2D eigenvalue weighted by Gasteiger charge is 2.28. The van der Waals surface area contributed by atoms with Crippen LogP contribution in [0.25, 0.3) is 16.7 Å². The molecule has 36 heavy (non-hydrogen) atoms. The van der Waals surface area contributed by atoms with Crippen molar-refractivity contribution in [1.82, 2.24) is 38.9 Å². The molecule has 1 atom stereocenters. The zero-order chi connectivity index (χ0) is 25.0. The zero-order valence-corrected chi connectivity index (χ0v) is 21.2. The molecule has 0 bridgehead atoms. The molecular formula is C24H26ClN9O2. The van der Waals surface area contributed by atoms with Crippen molar-refractivity contribution in [2.75, 3.05) is 18.5 Å². The molecule has 1 saturated heterocycles. The van der Waals surface area contributed by atoms with Crippen LogP contribution in [0.4, 0.5) is 11.8 Å². The van der Waals surface area contributed by atoms with E-state index in [2.05, 4.69) is 56.9 Å². The Balaban J connectivity index is 1.34. The topological polar surface area (TPSA) is 109 Å². The average Bonchev–Trinajstić information content (AvgIpc) is 3.63. The van der Waals surface area contributed by atoms with Crippen LogP contribution in [-0.2, 0) is 17.2 Å². The van der Waals surface area contributed by atoms with Crippen LogP contribution < -0.4 is 10.1 Å². The second-order valence-corrected chi connectivity index (χ2v) is 10.2. The molecule has 11 nitrogen and oxygen atoms in total. The van der Waals surface area contributed by atoms with Crippen LogP contribution in [0.15, 0.2) is 37.1 Å². The third kappa shape index (κ3) is 3.84. The number of hydrogen-bond donors (Lipinski definition) is 1. The smallest absolute Gasteiger partial charge is 0.210 e. The van der Waals surface area contributed by atoms with Gasteiger partial charge in [0.1, 0.15) is 16.1 Å². The number of aromatic nitrogens is 8. The molecule has 5 aromatic heterocycles. The first-order valence-corrected chi connectivity index (χ1v) is 12.1. The molecule has 186 valence electrons. The highest BCUT2D eigenvalue weighted by molar-refractivity contribution is 6.36. The van der Waals surface area contributed by atoms with Crippen LogP contribution >= 0.6 is 11.6 Å². The molecule has 6 rings (SSSR count). The molecular weight excluding hydrogens is 482 g/mol. The predicted molar refractivity (Wildman–Crippen MR) is 135 cm³/mol. The van der Waals surface area contributed by atoms with Crippen molar-refractivity contribution in [3.63, 3.8) is 0 Å². The molecule has 1 N–H and O–H groups in total. The van der Waals surface area contributed by atoms with Crippen LogP contribution in [0, 0.1) is 0 Å². The van der Waals surface area contributed by atoms with E-state index in [-0.39, 0.29) is 11.5 Å². The third-order valence-corrected chi connectivity index (χ3v) is 6.68. The normalized spacial score (nSPS) is 16.3. The van der Waals surface area contributed by atoms with Crippen molar-refractivity contribution in [3.8, 4) is 11.5 Å². The Morgan fingerprint density at radius 2 is 2.06 bits per heavy atom. The number of rotatable bonds is 5. The summed E-state index contributed by atoms with van der Waals surface area (Å²) in [6, 6.07) is 2.29. The molecule has 0 aromatic carbocycles. The maximum absolute atomic E-state index is 6.78. The van der Waals surface area contributed by atoms with E-state index in [1.165, 1.54) is 0 Å². The maximum Gasteiger partial charge on any atom is 0.210 e. The quantitative estimate of drug-likeness (QED) is 0.366. The summed E-state index contributed by atoms with van der Waals surface area (Å²) >= 11 is 6.78. The van der Waals surface area contributed by atoms with Crippen LogP contribution in [0.1, 0.15) is 38.9 Å². The Morgan fingerprint density at radius 3 is 2.83 bits per heavy atom. The van der Waals surface area contributed by atoms with Crippen molar-refractivity contribution in [1.29, 1.82) is 0 Å². The molecule has 0 spiro atoms. The van der Waals surface area contributed by atoms with Crippen molar-refractivity contribution in [3.05, 3.63) is 47.8 Å². The lowest BCUT2D eigenvalue weighted by atomic mass is 9.91. The van der Waals surface area contributed by atoms with Gasteiger partial charge in [0.05, 0.1) is 31.2 Å². The number of halogens is 1. The monoisotopic (exact) mass is 507 g/mol. The first-order valence-electron chi connectivity index (χ1n) is 11.7. The van der Waals surface area contributed by atoms with E-state index >= 15 is 0 Å². The highest BCUT2D eigenvalue weighted by atomic mass is 35.5. The summed E-state index contributed by atoms with van der Waals surface area (Å²) < 4.78 is 17.3. The molecule has 5 aromatic rings. The number of anilines is 2. The first kappa shape index (κ1) is 22.7. The molecule has 1 fully saturated rings. The number of nitrogens with zero attached hydrogens (tertiary/aromatic N) is 8. The van der Waals surface area contributed by atoms with E-state index in [9.17, 15) is 0 Å². The van der Waals surface area contributed by atoms with Crippen molar-refractivity contribution >= 4 is 40.0 Å². The SMILES string of the molecule is Cn1c(Nc2cc(C(C)(C)C)n([C@@H]3CCOC3)n2)nc2ncc(Oc3cnn4ccncc34)c(Cl)c21. The summed E-state index contributed by atoms with van der Waals surface area (Å²) in [6.45, 7) is 7.96. The van der Waals surface area contributed by atoms with Gasteiger partial charge in [-0.1, -0.05) is 32.4 Å². The van der Waals surface area contributed by atoms with Crippen LogP contribution in [0.5, 0.6) is 11.5 Å². The molecule has 1 aliphatic rings. The number of imidazole rings is 1. The summed E-state index contributed by atoms with van der Waals surface area (Å²) in [4.78, 5) is 13.3. The Kier molecular flexibility index (Phi) is 5.34. The maximum atomic E-state index is 6.78. The molecule has 1 aliphatic heterocycles. The number of ether oxygens (including phenoxy) is 2. The summed E-state index contributed by atoms with van der Waals surface area (Å²) in [5, 5.41) is 12.9. The number of fused-ring (bicyclic) bond motifs is 2. The van der Waals surface area contributed by atoms with Gasteiger partial charge in [-0.25, -0.2) is 9.50 Å². The number of aryl methyl sites for hydroxylation is 1. The summed E-state index contributed by atoms with van der Waals surface area (Å²) in [5.41, 5.74) is 2.92. The fraction of sp³-hybridized carbons (Fsp3) is 0.375. The number of hydrogen-bond acceptors (Lipinski definition) is 8. The summed E-state index contributed by atoms with van der Waals surface area (Å²) in [5.74, 6) is 2.21. The second kappa shape index (κ2) is 8.45. The fourth-order valence-corrected chi connectivity index (χ4v) is 4.73. The minimum absolute atomic E-state index is 0.0768. The van der Waals surface area contributed by atoms with Gasteiger partial charge in [-0.05, 0) is 6.42 Å².